The minimum absolute atomic E-state index is 0.0244. The van der Waals surface area contributed by atoms with E-state index in [0.717, 1.165) is 24.4 Å². The van der Waals surface area contributed by atoms with Crippen LogP contribution in [0.3, 0.4) is 0 Å². The van der Waals surface area contributed by atoms with Gasteiger partial charge < -0.3 is 5.32 Å². The maximum atomic E-state index is 12.2. The molecule has 3 heterocycles. The molecule has 1 fully saturated rings. The van der Waals surface area contributed by atoms with Crippen LogP contribution in [-0.2, 0) is 5.41 Å². The van der Waals surface area contributed by atoms with E-state index in [0.29, 0.717) is 5.65 Å². The maximum absolute atomic E-state index is 12.2. The van der Waals surface area contributed by atoms with Crippen molar-refractivity contribution in [2.75, 3.05) is 6.54 Å². The number of rotatable bonds is 1. The number of H-pyrrole nitrogens is 1. The highest BCUT2D eigenvalue weighted by Crippen LogP contribution is 2.23. The van der Waals surface area contributed by atoms with Crippen LogP contribution in [0.2, 0.25) is 0 Å². The highest BCUT2D eigenvalue weighted by molar-refractivity contribution is 5.42. The number of nitrogens with zero attached hydrogens (tertiary/aromatic N) is 2. The molecule has 5 nitrogen and oxygen atoms in total. The first kappa shape index (κ1) is 13.4. The summed E-state index contributed by atoms with van der Waals surface area (Å²) in [5.41, 5.74) is 2.55. The highest BCUT2D eigenvalue weighted by atomic mass is 16.1. The Bertz CT molecular complexity index is 671. The molecule has 3 rings (SSSR count). The van der Waals surface area contributed by atoms with Crippen LogP contribution in [0.25, 0.3) is 5.65 Å². The normalized spacial score (nSPS) is 20.4. The zero-order valence-electron chi connectivity index (χ0n) is 12.4. The number of fused-ring (bicyclic) bond motifs is 1. The van der Waals surface area contributed by atoms with Crippen molar-refractivity contribution in [3.63, 3.8) is 0 Å². The lowest BCUT2D eigenvalue weighted by atomic mass is 9.93. The molecule has 0 aliphatic carbocycles. The molecule has 0 spiro atoms. The summed E-state index contributed by atoms with van der Waals surface area (Å²) in [6.07, 6.45) is 3.45. The molecule has 1 saturated heterocycles. The van der Waals surface area contributed by atoms with Gasteiger partial charge in [-0.3, -0.25) is 9.89 Å². The first-order valence-corrected chi connectivity index (χ1v) is 7.32. The van der Waals surface area contributed by atoms with Crippen LogP contribution in [0.4, 0.5) is 0 Å². The average molecular weight is 274 g/mol. The Morgan fingerprint density at radius 2 is 2.10 bits per heavy atom. The summed E-state index contributed by atoms with van der Waals surface area (Å²) in [4.78, 5) is 16.9. The molecular weight excluding hydrogens is 252 g/mol. The summed E-state index contributed by atoms with van der Waals surface area (Å²) < 4.78 is 1.53. The molecule has 2 aromatic heterocycles. The van der Waals surface area contributed by atoms with E-state index in [1.807, 2.05) is 6.07 Å². The fraction of sp³-hybridized carbons (Fsp3) is 0.600. The van der Waals surface area contributed by atoms with Crippen molar-refractivity contribution in [1.82, 2.24) is 19.9 Å². The predicted molar refractivity (Wildman–Crippen MR) is 79.1 cm³/mol. The summed E-state index contributed by atoms with van der Waals surface area (Å²) in [7, 11) is 0. The van der Waals surface area contributed by atoms with E-state index in [1.54, 1.807) is 6.07 Å². The topological polar surface area (TPSA) is 62.2 Å². The van der Waals surface area contributed by atoms with Gasteiger partial charge in [-0.15, -0.1) is 0 Å². The monoisotopic (exact) mass is 274 g/mol. The Morgan fingerprint density at radius 3 is 2.75 bits per heavy atom. The smallest absolute Gasteiger partial charge is 0.272 e. The van der Waals surface area contributed by atoms with Gasteiger partial charge >= 0.3 is 0 Å². The molecule has 5 heteroatoms. The summed E-state index contributed by atoms with van der Waals surface area (Å²) in [6.45, 7) is 7.36. The minimum atomic E-state index is -0.0344. The number of piperidine rings is 1. The van der Waals surface area contributed by atoms with Crippen LogP contribution in [0.1, 0.15) is 57.5 Å². The quantitative estimate of drug-likeness (QED) is 0.837. The summed E-state index contributed by atoms with van der Waals surface area (Å²) in [5, 5.41) is 6.60. The van der Waals surface area contributed by atoms with Gasteiger partial charge in [-0.25, -0.2) is 9.50 Å². The molecule has 0 aromatic carbocycles. The third-order valence-corrected chi connectivity index (χ3v) is 3.95. The van der Waals surface area contributed by atoms with Crippen molar-refractivity contribution in [2.24, 2.45) is 0 Å². The van der Waals surface area contributed by atoms with Crippen molar-refractivity contribution >= 4 is 5.65 Å². The molecule has 1 aliphatic rings. The zero-order valence-corrected chi connectivity index (χ0v) is 12.4. The Hall–Kier alpha value is -1.62. The molecule has 0 saturated carbocycles. The van der Waals surface area contributed by atoms with Crippen LogP contribution < -0.4 is 10.9 Å². The molecule has 1 aliphatic heterocycles. The van der Waals surface area contributed by atoms with Crippen LogP contribution in [0.15, 0.2) is 16.9 Å². The van der Waals surface area contributed by atoms with Crippen LogP contribution in [0.5, 0.6) is 0 Å². The summed E-state index contributed by atoms with van der Waals surface area (Å²) in [6, 6.07) is 3.85. The molecule has 0 radical (unpaired) electrons. The number of hydrogen-bond acceptors (Lipinski definition) is 3. The number of aromatic amines is 1. The Balaban J connectivity index is 2.06. The molecule has 2 aromatic rings. The standard InChI is InChI=1S/C15H22N4O/c1-15(2,3)12-9-13-17-11(8-14(20)19(13)18-12)10-6-4-5-7-16-10/h8-10,16,18H,4-7H2,1-3H3. The van der Waals surface area contributed by atoms with E-state index < -0.39 is 0 Å². The number of nitrogens with one attached hydrogen (secondary N) is 2. The van der Waals surface area contributed by atoms with E-state index in [-0.39, 0.29) is 17.0 Å². The third kappa shape index (κ3) is 2.38. The second-order valence-corrected chi connectivity index (χ2v) is 6.64. The van der Waals surface area contributed by atoms with E-state index in [9.17, 15) is 4.79 Å². The first-order valence-electron chi connectivity index (χ1n) is 7.32. The third-order valence-electron chi connectivity index (χ3n) is 3.95. The molecule has 1 unspecified atom stereocenters. The van der Waals surface area contributed by atoms with Crippen molar-refractivity contribution in [3.8, 4) is 0 Å². The zero-order chi connectivity index (χ0) is 14.3. The van der Waals surface area contributed by atoms with Gasteiger partial charge in [-0.1, -0.05) is 27.2 Å². The lowest BCUT2D eigenvalue weighted by molar-refractivity contribution is 0.405. The van der Waals surface area contributed by atoms with Crippen LogP contribution >= 0.6 is 0 Å². The SMILES string of the molecule is CC(C)(C)c1cc2nc(C3CCCCN3)cc(=O)n2[nH]1. The number of hydrogen-bond donors (Lipinski definition) is 2. The number of aromatic nitrogens is 3. The van der Waals surface area contributed by atoms with Gasteiger partial charge in [0.25, 0.3) is 5.56 Å². The van der Waals surface area contributed by atoms with Crippen molar-refractivity contribution in [1.29, 1.82) is 0 Å². The van der Waals surface area contributed by atoms with Crippen molar-refractivity contribution < 1.29 is 0 Å². The Kier molecular flexibility index (Phi) is 3.17. The summed E-state index contributed by atoms with van der Waals surface area (Å²) >= 11 is 0. The largest absolute Gasteiger partial charge is 0.309 e. The van der Waals surface area contributed by atoms with Crippen molar-refractivity contribution in [2.45, 2.75) is 51.5 Å². The molecule has 108 valence electrons. The van der Waals surface area contributed by atoms with E-state index in [2.05, 4.69) is 36.2 Å². The Morgan fingerprint density at radius 1 is 1.30 bits per heavy atom. The highest BCUT2D eigenvalue weighted by Gasteiger charge is 2.20. The van der Waals surface area contributed by atoms with Gasteiger partial charge in [-0.2, -0.15) is 0 Å². The van der Waals surface area contributed by atoms with Gasteiger partial charge in [0.05, 0.1) is 5.69 Å². The van der Waals surface area contributed by atoms with Gasteiger partial charge in [-0.05, 0) is 19.4 Å². The summed E-state index contributed by atoms with van der Waals surface area (Å²) in [5.74, 6) is 0. The molecular formula is C15H22N4O. The molecule has 0 amide bonds. The lowest BCUT2D eigenvalue weighted by Gasteiger charge is -2.22. The first-order chi connectivity index (χ1) is 9.45. The fourth-order valence-corrected chi connectivity index (χ4v) is 2.68. The van der Waals surface area contributed by atoms with Gasteiger partial charge in [0.1, 0.15) is 0 Å². The van der Waals surface area contributed by atoms with E-state index in [4.69, 9.17) is 0 Å². The van der Waals surface area contributed by atoms with Crippen molar-refractivity contribution in [3.05, 3.63) is 33.9 Å². The maximum Gasteiger partial charge on any atom is 0.272 e. The lowest BCUT2D eigenvalue weighted by Crippen LogP contribution is -2.29. The molecule has 1 atom stereocenters. The second-order valence-electron chi connectivity index (χ2n) is 6.64. The predicted octanol–water partition coefficient (Wildman–Crippen LogP) is 2.13. The molecule has 2 N–H and O–H groups in total. The van der Waals surface area contributed by atoms with Gasteiger partial charge in [0.2, 0.25) is 0 Å². The van der Waals surface area contributed by atoms with Gasteiger partial charge in [0.15, 0.2) is 5.65 Å². The second kappa shape index (κ2) is 4.74. The fourth-order valence-electron chi connectivity index (χ4n) is 2.68. The minimum Gasteiger partial charge on any atom is -0.309 e. The van der Waals surface area contributed by atoms with E-state index in [1.165, 1.54) is 17.4 Å². The molecule has 20 heavy (non-hydrogen) atoms. The van der Waals surface area contributed by atoms with E-state index >= 15 is 0 Å². The molecule has 0 bridgehead atoms. The van der Waals surface area contributed by atoms with Crippen LogP contribution in [-0.4, -0.2) is 21.1 Å². The Labute approximate surface area is 118 Å². The van der Waals surface area contributed by atoms with Gasteiger partial charge in [0, 0.05) is 29.3 Å². The van der Waals surface area contributed by atoms with Crippen LogP contribution in [0, 0.1) is 0 Å². The average Bonchev–Trinajstić information content (AvgIpc) is 2.84.